The molecule has 20 heavy (non-hydrogen) atoms. The van der Waals surface area contributed by atoms with E-state index < -0.39 is 0 Å². The van der Waals surface area contributed by atoms with Gasteiger partial charge >= 0.3 is 0 Å². The van der Waals surface area contributed by atoms with Gasteiger partial charge in [0.2, 0.25) is 0 Å². The van der Waals surface area contributed by atoms with Gasteiger partial charge in [-0.3, -0.25) is 4.90 Å². The lowest BCUT2D eigenvalue weighted by Crippen LogP contribution is -2.45. The summed E-state index contributed by atoms with van der Waals surface area (Å²) in [5.74, 6) is -0.109. The highest BCUT2D eigenvalue weighted by Gasteiger charge is 2.24. The van der Waals surface area contributed by atoms with Gasteiger partial charge in [0.05, 0.1) is 0 Å². The van der Waals surface area contributed by atoms with Crippen LogP contribution in [0.3, 0.4) is 0 Å². The Bertz CT molecular complexity index is 420. The predicted molar refractivity (Wildman–Crippen MR) is 87.5 cm³/mol. The minimum atomic E-state index is -0.109. The van der Waals surface area contributed by atoms with Crippen molar-refractivity contribution in [3.05, 3.63) is 47.8 Å². The van der Waals surface area contributed by atoms with E-state index in [0.29, 0.717) is 0 Å². The summed E-state index contributed by atoms with van der Waals surface area (Å²) in [4.78, 5) is 2.35. The molecule has 2 nitrogen and oxygen atoms in total. The molecular weight excluding hydrogens is 298 g/mol. The van der Waals surface area contributed by atoms with Gasteiger partial charge in [-0.2, -0.15) is 0 Å². The average Bonchev–Trinajstić information content (AvgIpc) is 2.38. The summed E-state index contributed by atoms with van der Waals surface area (Å²) in [5, 5.41) is 3.33. The van der Waals surface area contributed by atoms with E-state index in [9.17, 15) is 4.39 Å². The first kappa shape index (κ1) is 19.4. The number of nitrogens with zero attached hydrogens (tertiary/aromatic N) is 1. The molecule has 1 atom stereocenters. The SMILES string of the molecule is C=C(C)C[C@@H](c1ccccc1F)N1CCNCC1.Cl.Cl. The summed E-state index contributed by atoms with van der Waals surface area (Å²) < 4.78 is 14.0. The third-order valence-corrected chi connectivity index (χ3v) is 3.40. The molecule has 0 aromatic heterocycles. The Balaban J connectivity index is 0.00000180. The molecule has 0 radical (unpaired) electrons. The van der Waals surface area contributed by atoms with Crippen LogP contribution in [0, 0.1) is 5.82 Å². The second-order valence-corrected chi connectivity index (χ2v) is 4.98. The maximum atomic E-state index is 14.0. The van der Waals surface area contributed by atoms with Crippen LogP contribution < -0.4 is 5.32 Å². The van der Waals surface area contributed by atoms with E-state index in [1.807, 2.05) is 19.1 Å². The summed E-state index contributed by atoms with van der Waals surface area (Å²) >= 11 is 0. The number of hydrogen-bond acceptors (Lipinski definition) is 2. The first-order valence-electron chi connectivity index (χ1n) is 6.52. The number of rotatable bonds is 4. The van der Waals surface area contributed by atoms with Crippen LogP contribution in [0.15, 0.2) is 36.4 Å². The molecule has 0 aliphatic carbocycles. The van der Waals surface area contributed by atoms with E-state index in [1.54, 1.807) is 12.1 Å². The van der Waals surface area contributed by atoms with Crippen molar-refractivity contribution in [3.8, 4) is 0 Å². The number of hydrogen-bond donors (Lipinski definition) is 1. The topological polar surface area (TPSA) is 15.3 Å². The maximum absolute atomic E-state index is 14.0. The minimum Gasteiger partial charge on any atom is -0.314 e. The molecule has 1 aliphatic heterocycles. The second-order valence-electron chi connectivity index (χ2n) is 4.98. The van der Waals surface area contributed by atoms with E-state index >= 15 is 0 Å². The smallest absolute Gasteiger partial charge is 0.127 e. The van der Waals surface area contributed by atoms with E-state index in [4.69, 9.17) is 0 Å². The number of nitrogens with one attached hydrogen (secondary N) is 1. The molecule has 0 unspecified atom stereocenters. The third kappa shape index (κ3) is 5.06. The van der Waals surface area contributed by atoms with E-state index in [0.717, 1.165) is 43.7 Å². The Morgan fingerprint density at radius 2 is 1.90 bits per heavy atom. The summed E-state index contributed by atoms with van der Waals surface area (Å²) in [6, 6.07) is 7.21. The molecule has 0 spiro atoms. The van der Waals surface area contributed by atoms with Gasteiger partial charge in [-0.25, -0.2) is 4.39 Å². The van der Waals surface area contributed by atoms with Crippen molar-refractivity contribution in [3.63, 3.8) is 0 Å². The van der Waals surface area contributed by atoms with Crippen molar-refractivity contribution in [1.82, 2.24) is 10.2 Å². The van der Waals surface area contributed by atoms with Gasteiger partial charge in [-0.1, -0.05) is 23.8 Å². The molecule has 1 aromatic carbocycles. The van der Waals surface area contributed by atoms with Gasteiger partial charge in [0, 0.05) is 37.8 Å². The quantitative estimate of drug-likeness (QED) is 0.853. The molecule has 114 valence electrons. The highest BCUT2D eigenvalue weighted by molar-refractivity contribution is 5.85. The zero-order valence-electron chi connectivity index (χ0n) is 11.8. The molecule has 1 N–H and O–H groups in total. The van der Waals surface area contributed by atoms with Crippen LogP contribution in [-0.2, 0) is 0 Å². The van der Waals surface area contributed by atoms with Gasteiger partial charge in [-0.15, -0.1) is 31.4 Å². The predicted octanol–water partition coefficient (Wildman–Crippen LogP) is 3.58. The lowest BCUT2D eigenvalue weighted by Gasteiger charge is -2.35. The first-order valence-corrected chi connectivity index (χ1v) is 6.52. The molecule has 1 saturated heterocycles. The fourth-order valence-corrected chi connectivity index (χ4v) is 2.50. The number of halogens is 3. The lowest BCUT2D eigenvalue weighted by atomic mass is 9.97. The fourth-order valence-electron chi connectivity index (χ4n) is 2.50. The molecule has 1 fully saturated rings. The van der Waals surface area contributed by atoms with Crippen LogP contribution in [0.1, 0.15) is 24.9 Å². The Morgan fingerprint density at radius 1 is 1.30 bits per heavy atom. The summed E-state index contributed by atoms with van der Waals surface area (Å²) in [5.41, 5.74) is 1.89. The average molecular weight is 321 g/mol. The Kier molecular flexibility index (Phi) is 9.06. The molecule has 1 aliphatic rings. The van der Waals surface area contributed by atoms with E-state index in [1.165, 1.54) is 0 Å². The van der Waals surface area contributed by atoms with Gasteiger partial charge in [0.25, 0.3) is 0 Å². The van der Waals surface area contributed by atoms with Gasteiger partial charge in [-0.05, 0) is 19.4 Å². The molecule has 0 saturated carbocycles. The number of benzene rings is 1. The largest absolute Gasteiger partial charge is 0.314 e. The molecule has 0 bridgehead atoms. The molecule has 0 amide bonds. The summed E-state index contributed by atoms with van der Waals surface area (Å²) in [6.07, 6.45) is 0.820. The van der Waals surface area contributed by atoms with E-state index in [2.05, 4.69) is 16.8 Å². The molecule has 1 heterocycles. The van der Waals surface area contributed by atoms with Crippen LogP contribution in [0.4, 0.5) is 4.39 Å². The van der Waals surface area contributed by atoms with Crippen molar-refractivity contribution < 1.29 is 4.39 Å². The standard InChI is InChI=1S/C15H21FN2.2ClH/c1-12(2)11-15(18-9-7-17-8-10-18)13-5-3-4-6-14(13)16;;/h3-6,15,17H,1,7-11H2,2H3;2*1H/t15-;;/m0../s1. The maximum Gasteiger partial charge on any atom is 0.127 e. The van der Waals surface area contributed by atoms with Crippen LogP contribution in [0.25, 0.3) is 0 Å². The van der Waals surface area contributed by atoms with Crippen molar-refractivity contribution >= 4 is 24.8 Å². The highest BCUT2D eigenvalue weighted by atomic mass is 35.5. The van der Waals surface area contributed by atoms with Crippen LogP contribution >= 0.6 is 24.8 Å². The van der Waals surface area contributed by atoms with Gasteiger partial charge in [0.15, 0.2) is 0 Å². The monoisotopic (exact) mass is 320 g/mol. The first-order chi connectivity index (χ1) is 8.68. The second kappa shape index (κ2) is 9.35. The zero-order chi connectivity index (χ0) is 13.0. The van der Waals surface area contributed by atoms with Crippen LogP contribution in [-0.4, -0.2) is 31.1 Å². The third-order valence-electron chi connectivity index (χ3n) is 3.40. The molecule has 5 heteroatoms. The van der Waals surface area contributed by atoms with Crippen molar-refractivity contribution in [2.24, 2.45) is 0 Å². The van der Waals surface area contributed by atoms with Crippen LogP contribution in [0.2, 0.25) is 0 Å². The van der Waals surface area contributed by atoms with Crippen molar-refractivity contribution in [1.29, 1.82) is 0 Å². The normalized spacial score (nSPS) is 16.7. The lowest BCUT2D eigenvalue weighted by molar-refractivity contribution is 0.169. The summed E-state index contributed by atoms with van der Waals surface area (Å²) in [7, 11) is 0. The Labute approximate surface area is 133 Å². The Hall–Kier alpha value is -0.610. The minimum absolute atomic E-state index is 0. The zero-order valence-corrected chi connectivity index (χ0v) is 13.4. The Morgan fingerprint density at radius 3 is 2.45 bits per heavy atom. The van der Waals surface area contributed by atoms with Crippen molar-refractivity contribution in [2.75, 3.05) is 26.2 Å². The molecule has 1 aromatic rings. The van der Waals surface area contributed by atoms with Gasteiger partial charge in [0.1, 0.15) is 5.82 Å². The van der Waals surface area contributed by atoms with Crippen molar-refractivity contribution in [2.45, 2.75) is 19.4 Å². The highest BCUT2D eigenvalue weighted by Crippen LogP contribution is 2.29. The number of piperazine rings is 1. The summed E-state index contributed by atoms with van der Waals surface area (Å²) in [6.45, 7) is 9.87. The molecule has 2 rings (SSSR count). The fraction of sp³-hybridized carbons (Fsp3) is 0.467. The molecular formula is C15H23Cl2FN2. The van der Waals surface area contributed by atoms with Crippen LogP contribution in [0.5, 0.6) is 0 Å². The van der Waals surface area contributed by atoms with E-state index in [-0.39, 0.29) is 36.7 Å². The van der Waals surface area contributed by atoms with Gasteiger partial charge < -0.3 is 5.32 Å².